The van der Waals surface area contributed by atoms with E-state index in [0.717, 1.165) is 0 Å². The summed E-state index contributed by atoms with van der Waals surface area (Å²) in [6.45, 7) is 0.886. The van der Waals surface area contributed by atoms with E-state index in [1.807, 2.05) is 16.8 Å². The van der Waals surface area contributed by atoms with Crippen molar-refractivity contribution in [3.63, 3.8) is 0 Å². The van der Waals surface area contributed by atoms with Gasteiger partial charge in [-0.3, -0.25) is 18.7 Å². The van der Waals surface area contributed by atoms with Gasteiger partial charge < -0.3 is 24.7 Å². The van der Waals surface area contributed by atoms with Gasteiger partial charge in [0, 0.05) is 62.8 Å². The van der Waals surface area contributed by atoms with Gasteiger partial charge in [-0.05, 0) is 24.3 Å². The Labute approximate surface area is 272 Å². The van der Waals surface area contributed by atoms with Crippen LogP contribution in [0.5, 0.6) is 0 Å². The fourth-order valence-electron chi connectivity index (χ4n) is 5.74. The third kappa shape index (κ3) is 5.09. The van der Waals surface area contributed by atoms with E-state index in [1.165, 1.54) is 44.2 Å². The number of anilines is 2. The largest absolute Gasteiger partial charge is 0.477 e. The van der Waals surface area contributed by atoms with E-state index in [9.17, 15) is 29.4 Å². The minimum atomic E-state index is -1.34. The second-order valence-electron chi connectivity index (χ2n) is 10.7. The van der Waals surface area contributed by atoms with Gasteiger partial charge >= 0.3 is 11.9 Å². The first-order chi connectivity index (χ1) is 22.7. The van der Waals surface area contributed by atoms with Gasteiger partial charge in [-0.1, -0.05) is 0 Å². The van der Waals surface area contributed by atoms with Crippen molar-refractivity contribution in [1.82, 2.24) is 29.1 Å². The summed E-state index contributed by atoms with van der Waals surface area (Å²) < 4.78 is 8.90. The molecule has 0 amide bonds. The number of aromatic nitrogens is 6. The SMILES string of the molecule is COC1CN(c2ccc3c(=O)c(C(=O)O)cn(-c4nccs4)c3n2)CC1N(C)c1ccc2c(=O)c(C(=O)O)cn(-c3nccs3)c2n1. The second kappa shape index (κ2) is 11.7. The molecule has 7 rings (SSSR count). The van der Waals surface area contributed by atoms with Crippen molar-refractivity contribution in [2.24, 2.45) is 0 Å². The van der Waals surface area contributed by atoms with Crippen LogP contribution < -0.4 is 20.7 Å². The molecule has 7 heterocycles. The second-order valence-corrected chi connectivity index (χ2v) is 12.4. The number of fused-ring (bicyclic) bond motifs is 2. The third-order valence-corrected chi connectivity index (χ3v) is 9.65. The first-order valence-electron chi connectivity index (χ1n) is 14.1. The monoisotopic (exact) mass is 672 g/mol. The molecule has 0 bridgehead atoms. The molecule has 0 aromatic carbocycles. The molecule has 15 nitrogen and oxygen atoms in total. The smallest absolute Gasteiger partial charge is 0.341 e. The molecule has 0 saturated carbocycles. The van der Waals surface area contributed by atoms with Gasteiger partial charge in [0.2, 0.25) is 10.9 Å². The summed E-state index contributed by atoms with van der Waals surface area (Å²) in [6, 6.07) is 6.24. The molecule has 1 aliphatic heterocycles. The Morgan fingerprint density at radius 1 is 0.851 bits per heavy atom. The van der Waals surface area contributed by atoms with Gasteiger partial charge in [-0.2, -0.15) is 0 Å². The zero-order chi connectivity index (χ0) is 33.0. The van der Waals surface area contributed by atoms with Crippen molar-refractivity contribution in [2.45, 2.75) is 12.1 Å². The van der Waals surface area contributed by atoms with Crippen LogP contribution in [-0.4, -0.2) is 90.6 Å². The number of aromatic carboxylic acids is 2. The van der Waals surface area contributed by atoms with Crippen LogP contribution in [-0.2, 0) is 4.74 Å². The van der Waals surface area contributed by atoms with Gasteiger partial charge in [0.25, 0.3) is 0 Å². The maximum atomic E-state index is 13.0. The molecule has 0 radical (unpaired) electrons. The molecule has 2 atom stereocenters. The van der Waals surface area contributed by atoms with E-state index in [0.29, 0.717) is 35.0 Å². The van der Waals surface area contributed by atoms with Gasteiger partial charge in [-0.25, -0.2) is 29.5 Å². The van der Waals surface area contributed by atoms with Gasteiger partial charge in [0.1, 0.15) is 22.8 Å². The summed E-state index contributed by atoms with van der Waals surface area (Å²) in [6.07, 6.45) is 5.35. The summed E-state index contributed by atoms with van der Waals surface area (Å²) in [5.41, 5.74) is -1.51. The molecular formula is C30H24N8O7S2. The van der Waals surface area contributed by atoms with Crippen LogP contribution in [0.2, 0.25) is 0 Å². The van der Waals surface area contributed by atoms with Crippen molar-refractivity contribution in [3.05, 3.63) is 91.4 Å². The molecule has 238 valence electrons. The van der Waals surface area contributed by atoms with Gasteiger partial charge in [0.15, 0.2) is 21.6 Å². The fraction of sp³-hybridized carbons (Fsp3) is 0.200. The Morgan fingerprint density at radius 3 is 1.91 bits per heavy atom. The minimum Gasteiger partial charge on any atom is -0.477 e. The number of likely N-dealkylation sites (N-methyl/N-ethyl adjacent to an activating group) is 1. The number of rotatable bonds is 8. The van der Waals surface area contributed by atoms with Crippen LogP contribution in [0.25, 0.3) is 32.3 Å². The number of thiazole rings is 2. The van der Waals surface area contributed by atoms with E-state index < -0.39 is 22.8 Å². The van der Waals surface area contributed by atoms with Crippen LogP contribution in [0.3, 0.4) is 0 Å². The van der Waals surface area contributed by atoms with Crippen molar-refractivity contribution in [1.29, 1.82) is 0 Å². The molecule has 2 N–H and O–H groups in total. The average molecular weight is 673 g/mol. The molecule has 0 aliphatic carbocycles. The van der Waals surface area contributed by atoms with Crippen LogP contribution in [0, 0.1) is 0 Å². The third-order valence-electron chi connectivity index (χ3n) is 8.11. The fourth-order valence-corrected chi connectivity index (χ4v) is 6.98. The van der Waals surface area contributed by atoms with E-state index in [2.05, 4.69) is 9.97 Å². The zero-order valence-electron chi connectivity index (χ0n) is 24.7. The van der Waals surface area contributed by atoms with E-state index in [-0.39, 0.29) is 45.3 Å². The van der Waals surface area contributed by atoms with Crippen LogP contribution in [0.4, 0.5) is 11.6 Å². The van der Waals surface area contributed by atoms with E-state index in [4.69, 9.17) is 14.7 Å². The molecule has 1 fully saturated rings. The Balaban J connectivity index is 1.27. The molecule has 1 saturated heterocycles. The number of hydrogen-bond donors (Lipinski definition) is 2. The number of hydrogen-bond acceptors (Lipinski definition) is 13. The summed E-state index contributed by atoms with van der Waals surface area (Å²) in [5.74, 6) is -1.61. The highest BCUT2D eigenvalue weighted by molar-refractivity contribution is 7.12. The number of methoxy groups -OCH3 is 1. The standard InChI is InChI=1S/C30H24N8O7S2/c1-35(21-5-3-15-23(39)17(27(41)42)11-37(25(15)33-21)29-31-7-9-46-29)19-13-36(14-20(19)45-2)22-6-4-16-24(40)18(28(43)44)12-38(26(16)34-22)30-32-8-10-47-30/h3-12,19-20H,13-14H2,1-2H3,(H,41,42)(H,43,44). The number of ether oxygens (including phenoxy) is 1. The molecular weight excluding hydrogens is 649 g/mol. The number of carbonyl (C=O) groups is 2. The first kappa shape index (κ1) is 30.2. The number of carboxylic acids is 2. The maximum absolute atomic E-state index is 13.0. The Morgan fingerprint density at radius 2 is 1.40 bits per heavy atom. The van der Waals surface area contributed by atoms with Crippen molar-refractivity contribution < 1.29 is 24.5 Å². The lowest BCUT2D eigenvalue weighted by Gasteiger charge is -2.29. The Bertz CT molecular complexity index is 2300. The molecule has 6 aromatic rings. The lowest BCUT2D eigenvalue weighted by atomic mass is 10.1. The van der Waals surface area contributed by atoms with Gasteiger partial charge in [0.05, 0.1) is 22.9 Å². The molecule has 6 aromatic heterocycles. The predicted molar refractivity (Wildman–Crippen MR) is 175 cm³/mol. The topological polar surface area (TPSA) is 186 Å². The van der Waals surface area contributed by atoms with Crippen LogP contribution in [0.1, 0.15) is 20.7 Å². The minimum absolute atomic E-state index is 0.145. The number of pyridine rings is 4. The summed E-state index contributed by atoms with van der Waals surface area (Å²) >= 11 is 2.56. The Hall–Kier alpha value is -5.52. The van der Waals surface area contributed by atoms with E-state index >= 15 is 0 Å². The Kier molecular flexibility index (Phi) is 7.50. The zero-order valence-corrected chi connectivity index (χ0v) is 26.3. The first-order valence-corrected chi connectivity index (χ1v) is 15.8. The number of carboxylic acid groups (broad SMARTS) is 2. The highest BCUT2D eigenvalue weighted by Crippen LogP contribution is 2.29. The van der Waals surface area contributed by atoms with Crippen LogP contribution >= 0.6 is 22.7 Å². The van der Waals surface area contributed by atoms with Crippen molar-refractivity contribution >= 4 is 68.3 Å². The predicted octanol–water partition coefficient (Wildman–Crippen LogP) is 2.73. The number of nitrogens with zero attached hydrogens (tertiary/aromatic N) is 8. The molecule has 1 aliphatic rings. The summed E-state index contributed by atoms with van der Waals surface area (Å²) in [4.78, 5) is 71.9. The summed E-state index contributed by atoms with van der Waals surface area (Å²) in [5, 5.41) is 24.0. The molecule has 0 spiro atoms. The summed E-state index contributed by atoms with van der Waals surface area (Å²) in [7, 11) is 3.46. The molecule has 17 heteroatoms. The lowest BCUT2D eigenvalue weighted by Crippen LogP contribution is -2.42. The van der Waals surface area contributed by atoms with Gasteiger partial charge in [-0.15, -0.1) is 22.7 Å². The quantitative estimate of drug-likeness (QED) is 0.241. The van der Waals surface area contributed by atoms with Crippen molar-refractivity contribution in [3.8, 4) is 10.3 Å². The molecule has 47 heavy (non-hydrogen) atoms. The maximum Gasteiger partial charge on any atom is 0.341 e. The van der Waals surface area contributed by atoms with Crippen molar-refractivity contribution in [2.75, 3.05) is 37.0 Å². The van der Waals surface area contributed by atoms with E-state index in [1.54, 1.807) is 54.5 Å². The van der Waals surface area contributed by atoms with Crippen LogP contribution in [0.15, 0.2) is 69.4 Å². The molecule has 2 unspecified atom stereocenters. The normalized spacial score (nSPS) is 16.3. The lowest BCUT2D eigenvalue weighted by molar-refractivity contribution is 0.0684. The average Bonchev–Trinajstić information content (AvgIpc) is 3.87. The highest BCUT2D eigenvalue weighted by atomic mass is 32.1. The highest BCUT2D eigenvalue weighted by Gasteiger charge is 2.37.